The molecule has 8 unspecified atom stereocenters. The van der Waals surface area contributed by atoms with Gasteiger partial charge in [0.2, 0.25) is 0 Å². The van der Waals surface area contributed by atoms with Crippen molar-refractivity contribution in [2.24, 2.45) is 40.5 Å². The van der Waals surface area contributed by atoms with Gasteiger partial charge in [-0.2, -0.15) is 0 Å². The van der Waals surface area contributed by atoms with Crippen LogP contribution in [0, 0.1) is 35.5 Å². The zero-order chi connectivity index (χ0) is 37.5. The maximum Gasteiger partial charge on any atom is 0.135 e. The van der Waals surface area contributed by atoms with Crippen LogP contribution in [0.15, 0.2) is 206 Å². The van der Waals surface area contributed by atoms with Crippen molar-refractivity contribution in [1.29, 1.82) is 0 Å². The number of fused-ring (bicyclic) bond motifs is 9. The van der Waals surface area contributed by atoms with Crippen molar-refractivity contribution in [3.8, 4) is 0 Å². The number of furan rings is 1. The minimum absolute atomic E-state index is 0.301. The summed E-state index contributed by atoms with van der Waals surface area (Å²) in [6.45, 7) is 0.966. The van der Waals surface area contributed by atoms with E-state index in [9.17, 15) is 0 Å². The fraction of sp³-hybridized carbons (Fsp3) is 0.278. The molecule has 7 aliphatic carbocycles. The van der Waals surface area contributed by atoms with Crippen LogP contribution in [0.4, 0.5) is 5.69 Å². The molecule has 3 heteroatoms. The highest BCUT2D eigenvalue weighted by Gasteiger charge is 2.47. The molecule has 57 heavy (non-hydrogen) atoms. The number of aliphatic imine (C=N–C) groups is 1. The maximum absolute atomic E-state index is 6.22. The van der Waals surface area contributed by atoms with Gasteiger partial charge in [-0.1, -0.05) is 128 Å². The summed E-state index contributed by atoms with van der Waals surface area (Å²) in [6.07, 6.45) is 52.6. The van der Waals surface area contributed by atoms with Gasteiger partial charge in [-0.05, 0) is 125 Å². The van der Waals surface area contributed by atoms with Crippen LogP contribution < -0.4 is 4.90 Å². The molecule has 1 saturated heterocycles. The Kier molecular flexibility index (Phi) is 7.91. The van der Waals surface area contributed by atoms with E-state index in [-0.39, 0.29) is 0 Å². The topological polar surface area (TPSA) is 28.7 Å². The molecular formula is C54H48N2O. The highest BCUT2D eigenvalue weighted by molar-refractivity contribution is 6.06. The average Bonchev–Trinajstić information content (AvgIpc) is 4.03. The van der Waals surface area contributed by atoms with Crippen LogP contribution >= 0.6 is 0 Å². The second-order valence-corrected chi connectivity index (χ2v) is 17.5. The summed E-state index contributed by atoms with van der Waals surface area (Å²) in [7, 11) is 0. The first-order valence-corrected chi connectivity index (χ1v) is 21.4. The molecule has 0 spiro atoms. The molecule has 0 amide bonds. The van der Waals surface area contributed by atoms with Crippen LogP contribution in [0.5, 0.6) is 0 Å². The van der Waals surface area contributed by atoms with Gasteiger partial charge in [0.25, 0.3) is 0 Å². The number of rotatable bonds is 5. The van der Waals surface area contributed by atoms with Gasteiger partial charge in [0.05, 0.1) is 12.1 Å². The number of anilines is 1. The highest BCUT2D eigenvalue weighted by Crippen LogP contribution is 2.51. The number of nitrogens with zero attached hydrogens (tertiary/aromatic N) is 2. The molecule has 0 N–H and O–H groups in total. The zero-order valence-corrected chi connectivity index (χ0v) is 32.4. The van der Waals surface area contributed by atoms with Crippen molar-refractivity contribution in [2.75, 3.05) is 11.4 Å². The molecule has 8 atom stereocenters. The largest absolute Gasteiger partial charge is 0.456 e. The van der Waals surface area contributed by atoms with Gasteiger partial charge in [-0.15, -0.1) is 0 Å². The third-order valence-corrected chi connectivity index (χ3v) is 14.5. The van der Waals surface area contributed by atoms with Gasteiger partial charge in [-0.25, -0.2) is 0 Å². The van der Waals surface area contributed by atoms with E-state index >= 15 is 0 Å². The summed E-state index contributed by atoms with van der Waals surface area (Å²) in [4.78, 5) is 7.35. The fourth-order valence-electron chi connectivity index (χ4n) is 11.6. The second kappa shape index (κ2) is 13.5. The lowest BCUT2D eigenvalue weighted by molar-refractivity contribution is 0.427. The first-order chi connectivity index (χ1) is 28.2. The van der Waals surface area contributed by atoms with Crippen LogP contribution in [0.1, 0.15) is 38.5 Å². The second-order valence-electron chi connectivity index (χ2n) is 17.5. The Morgan fingerprint density at radius 3 is 2.60 bits per heavy atom. The minimum Gasteiger partial charge on any atom is -0.456 e. The number of hydrogen-bond acceptors (Lipinski definition) is 3. The molecule has 3 heterocycles. The van der Waals surface area contributed by atoms with E-state index in [2.05, 4.69) is 168 Å². The third-order valence-electron chi connectivity index (χ3n) is 14.5. The molecule has 0 radical (unpaired) electrons. The summed E-state index contributed by atoms with van der Waals surface area (Å²) < 4.78 is 6.22. The smallest absolute Gasteiger partial charge is 0.135 e. The van der Waals surface area contributed by atoms with Crippen LogP contribution in [0.25, 0.3) is 21.9 Å². The van der Waals surface area contributed by atoms with Gasteiger partial charge in [0.15, 0.2) is 0 Å². The minimum atomic E-state index is 0.301. The standard InChI is InChI=1S/C54H48N2O/c1-2-10-34(11-3-1)39-26-40(38-24-25-55-33-38)28-41(27-39)48-31-37-19-18-35(29-47(37)43-12-4-5-13-44(43)48)36-20-22-52-49(30-36)45-14-6-8-16-51(45)56(52)42-21-23-54-50(32-42)46-15-7-9-17-53(46)57-54/h1-2,4-10,12-17,19-23,25-27,29-30,32,35,38,40,43,45,49,51-52H,3,11,18,24,28,31,33H2. The summed E-state index contributed by atoms with van der Waals surface area (Å²) in [6, 6.07) is 15.8. The molecule has 3 nitrogen and oxygen atoms in total. The van der Waals surface area contributed by atoms with E-state index in [0.717, 1.165) is 56.2 Å². The Balaban J connectivity index is 0.863. The Morgan fingerprint density at radius 2 is 1.67 bits per heavy atom. The lowest BCUT2D eigenvalue weighted by Gasteiger charge is -2.38. The normalized spacial score (nSPS) is 32.1. The third kappa shape index (κ3) is 5.57. The Bertz CT molecular complexity index is 2660. The van der Waals surface area contributed by atoms with Gasteiger partial charge in [-0.3, -0.25) is 4.99 Å². The van der Waals surface area contributed by atoms with Crippen molar-refractivity contribution in [3.63, 3.8) is 0 Å². The van der Waals surface area contributed by atoms with E-state index in [4.69, 9.17) is 4.42 Å². The SMILES string of the molecule is C1=CCCC(C2=CC(C3CC=NC3)CC(C3=C4C=CC=CC4C4=CC(C5=CC6C7C=CC=CC7N(c7ccc8oc9ccccc9c8c7)C6C=C5)CC=C4C3)=C2)=C1. The van der Waals surface area contributed by atoms with Crippen LogP contribution in [-0.2, 0) is 0 Å². The van der Waals surface area contributed by atoms with Crippen LogP contribution in [0.3, 0.4) is 0 Å². The fourth-order valence-corrected chi connectivity index (χ4v) is 11.6. The van der Waals surface area contributed by atoms with E-state index in [0.29, 0.717) is 47.6 Å². The van der Waals surface area contributed by atoms with Gasteiger partial charge >= 0.3 is 0 Å². The Morgan fingerprint density at radius 1 is 0.754 bits per heavy atom. The van der Waals surface area contributed by atoms with Gasteiger partial charge < -0.3 is 9.32 Å². The van der Waals surface area contributed by atoms with Gasteiger partial charge in [0.1, 0.15) is 11.2 Å². The van der Waals surface area contributed by atoms with E-state index in [1.165, 1.54) is 44.3 Å². The highest BCUT2D eigenvalue weighted by atomic mass is 16.3. The van der Waals surface area contributed by atoms with Crippen molar-refractivity contribution >= 4 is 33.8 Å². The number of benzene rings is 2. The zero-order valence-electron chi connectivity index (χ0n) is 32.4. The first kappa shape index (κ1) is 33.5. The molecule has 0 saturated carbocycles. The van der Waals surface area contributed by atoms with E-state index in [1.807, 2.05) is 0 Å². The average molecular weight is 741 g/mol. The lowest BCUT2D eigenvalue weighted by atomic mass is 9.66. The van der Waals surface area contributed by atoms with E-state index in [1.54, 1.807) is 16.7 Å². The number of para-hydroxylation sites is 1. The molecular weight excluding hydrogens is 693 g/mol. The predicted molar refractivity (Wildman–Crippen MR) is 236 cm³/mol. The summed E-state index contributed by atoms with van der Waals surface area (Å²) in [5.74, 6) is 2.68. The van der Waals surface area contributed by atoms with Crippen LogP contribution in [0.2, 0.25) is 0 Å². The molecule has 2 aliphatic heterocycles. The molecule has 9 aliphatic rings. The maximum atomic E-state index is 6.22. The number of allylic oxidation sites excluding steroid dienone is 22. The van der Waals surface area contributed by atoms with Crippen molar-refractivity contribution < 1.29 is 4.42 Å². The summed E-state index contributed by atoms with van der Waals surface area (Å²) >= 11 is 0. The van der Waals surface area contributed by atoms with Crippen molar-refractivity contribution in [2.45, 2.75) is 50.6 Å². The van der Waals surface area contributed by atoms with Crippen LogP contribution in [-0.4, -0.2) is 24.8 Å². The molecule has 1 fully saturated rings. The molecule has 2 aromatic carbocycles. The molecule has 280 valence electrons. The first-order valence-electron chi connectivity index (χ1n) is 21.4. The molecule has 12 rings (SSSR count). The molecule has 0 bridgehead atoms. The predicted octanol–water partition coefficient (Wildman–Crippen LogP) is 12.6. The lowest BCUT2D eigenvalue weighted by Crippen LogP contribution is -2.37. The quantitative estimate of drug-likeness (QED) is 0.261. The molecule has 3 aromatic rings. The van der Waals surface area contributed by atoms with Crippen molar-refractivity contribution in [3.05, 3.63) is 196 Å². The Hall–Kier alpha value is -5.67. The molecule has 1 aromatic heterocycles. The van der Waals surface area contributed by atoms with E-state index < -0.39 is 0 Å². The monoisotopic (exact) mass is 740 g/mol. The van der Waals surface area contributed by atoms with Gasteiger partial charge in [0, 0.05) is 46.7 Å². The summed E-state index contributed by atoms with van der Waals surface area (Å²) in [5.41, 5.74) is 15.3. The Labute approximate surface area is 336 Å². The van der Waals surface area contributed by atoms with Crippen molar-refractivity contribution in [1.82, 2.24) is 0 Å². The summed E-state index contributed by atoms with van der Waals surface area (Å²) in [5, 5.41) is 2.38. The number of hydrogen-bond donors (Lipinski definition) is 0.